The first kappa shape index (κ1) is 18.7. The van der Waals surface area contributed by atoms with Gasteiger partial charge in [-0.1, -0.05) is 6.07 Å². The van der Waals surface area contributed by atoms with Gasteiger partial charge < -0.3 is 10.1 Å². The van der Waals surface area contributed by atoms with Crippen LogP contribution in [-0.2, 0) is 12.7 Å². The molecule has 0 spiro atoms. The predicted molar refractivity (Wildman–Crippen MR) is 78.9 cm³/mol. The molecule has 0 aliphatic heterocycles. The first-order chi connectivity index (χ1) is 12.6. The summed E-state index contributed by atoms with van der Waals surface area (Å²) in [5.74, 6) is -1.34. The molecule has 0 unspecified atom stereocenters. The van der Waals surface area contributed by atoms with Crippen LogP contribution in [0.5, 0.6) is 5.88 Å². The van der Waals surface area contributed by atoms with Crippen LogP contribution in [0.4, 0.5) is 32.2 Å². The van der Waals surface area contributed by atoms with Gasteiger partial charge in [0, 0.05) is 18.8 Å². The summed E-state index contributed by atoms with van der Waals surface area (Å²) >= 11 is 0. The molecule has 0 atom stereocenters. The molecule has 144 valence electrons. The third-order valence-corrected chi connectivity index (χ3v) is 3.17. The van der Waals surface area contributed by atoms with E-state index < -0.39 is 24.8 Å². The van der Waals surface area contributed by atoms with E-state index >= 15 is 0 Å². The van der Waals surface area contributed by atoms with Crippen LogP contribution in [0.25, 0.3) is 5.65 Å². The zero-order valence-corrected chi connectivity index (χ0v) is 13.2. The minimum atomic E-state index is -4.71. The van der Waals surface area contributed by atoms with E-state index in [0.29, 0.717) is 10.1 Å². The van der Waals surface area contributed by atoms with Crippen molar-refractivity contribution in [3.8, 4) is 5.88 Å². The third-order valence-electron chi connectivity index (χ3n) is 3.17. The van der Waals surface area contributed by atoms with Crippen LogP contribution in [0.1, 0.15) is 11.4 Å². The molecule has 0 saturated carbocycles. The van der Waals surface area contributed by atoms with Crippen molar-refractivity contribution in [2.75, 3.05) is 11.9 Å². The Hall–Kier alpha value is -3.12. The van der Waals surface area contributed by atoms with Gasteiger partial charge in [0.15, 0.2) is 12.3 Å². The molecule has 0 radical (unpaired) electrons. The maximum Gasteiger partial charge on any atom is 0.453 e. The number of anilines is 1. The maximum absolute atomic E-state index is 12.8. The van der Waals surface area contributed by atoms with Crippen molar-refractivity contribution in [3.05, 3.63) is 41.9 Å². The second-order valence-corrected chi connectivity index (χ2v) is 5.27. The SMILES string of the molecule is FC(F)(F)COc1ccc(CNc2ccc3nnc(C(F)(F)F)n3n2)cn1. The summed E-state index contributed by atoms with van der Waals surface area (Å²) in [6.07, 6.45) is -7.90. The Morgan fingerprint density at radius 3 is 2.41 bits per heavy atom. The number of nitrogens with zero attached hydrogens (tertiary/aromatic N) is 5. The summed E-state index contributed by atoms with van der Waals surface area (Å²) < 4.78 is 79.7. The van der Waals surface area contributed by atoms with Crippen molar-refractivity contribution >= 4 is 11.5 Å². The lowest BCUT2D eigenvalue weighted by molar-refractivity contribution is -0.154. The van der Waals surface area contributed by atoms with Gasteiger partial charge in [-0.2, -0.15) is 30.9 Å². The highest BCUT2D eigenvalue weighted by Crippen LogP contribution is 2.27. The summed E-state index contributed by atoms with van der Waals surface area (Å²) in [5, 5.41) is 13.0. The topological polar surface area (TPSA) is 77.2 Å². The van der Waals surface area contributed by atoms with Gasteiger partial charge in [0.25, 0.3) is 5.82 Å². The fourth-order valence-electron chi connectivity index (χ4n) is 2.01. The zero-order chi connectivity index (χ0) is 19.7. The van der Waals surface area contributed by atoms with E-state index in [9.17, 15) is 26.3 Å². The number of aromatic nitrogens is 5. The van der Waals surface area contributed by atoms with Crippen LogP contribution in [0.15, 0.2) is 30.5 Å². The maximum atomic E-state index is 12.8. The second-order valence-electron chi connectivity index (χ2n) is 5.27. The Bertz CT molecular complexity index is 920. The van der Waals surface area contributed by atoms with Crippen molar-refractivity contribution in [1.82, 2.24) is 24.8 Å². The first-order valence-electron chi connectivity index (χ1n) is 7.30. The van der Waals surface area contributed by atoms with Crippen LogP contribution in [0.2, 0.25) is 0 Å². The Morgan fingerprint density at radius 2 is 1.78 bits per heavy atom. The standard InChI is InChI=1S/C14H10F6N6O/c15-13(16,17)7-27-11-4-1-8(6-22-11)5-21-9-2-3-10-23-24-12(14(18,19)20)26(10)25-9/h1-4,6H,5,7H2,(H,21,25). The van der Waals surface area contributed by atoms with Crippen LogP contribution < -0.4 is 10.1 Å². The number of halogens is 6. The van der Waals surface area contributed by atoms with Gasteiger partial charge in [0.1, 0.15) is 5.82 Å². The van der Waals surface area contributed by atoms with Crippen molar-refractivity contribution in [3.63, 3.8) is 0 Å². The van der Waals surface area contributed by atoms with Crippen molar-refractivity contribution in [1.29, 1.82) is 0 Å². The van der Waals surface area contributed by atoms with Crippen molar-refractivity contribution in [2.45, 2.75) is 18.9 Å². The molecule has 0 fully saturated rings. The number of hydrogen-bond donors (Lipinski definition) is 1. The molecule has 7 nitrogen and oxygen atoms in total. The van der Waals surface area contributed by atoms with Gasteiger partial charge in [-0.3, -0.25) is 0 Å². The Balaban J connectivity index is 1.66. The quantitative estimate of drug-likeness (QED) is 0.673. The van der Waals surface area contributed by atoms with Crippen LogP contribution in [0.3, 0.4) is 0 Å². The number of hydrogen-bond acceptors (Lipinski definition) is 6. The minimum absolute atomic E-state index is 0.0688. The first-order valence-corrected chi connectivity index (χ1v) is 7.30. The van der Waals surface area contributed by atoms with Gasteiger partial charge in [-0.15, -0.1) is 15.3 Å². The lowest BCUT2D eigenvalue weighted by Gasteiger charge is -2.09. The molecule has 0 bridgehead atoms. The average molecular weight is 392 g/mol. The van der Waals surface area contributed by atoms with Crippen molar-refractivity contribution in [2.24, 2.45) is 0 Å². The van der Waals surface area contributed by atoms with Gasteiger partial charge >= 0.3 is 12.4 Å². The van der Waals surface area contributed by atoms with Crippen LogP contribution >= 0.6 is 0 Å². The second kappa shape index (κ2) is 6.89. The number of nitrogens with one attached hydrogen (secondary N) is 1. The minimum Gasteiger partial charge on any atom is -0.468 e. The Kier molecular flexibility index (Phi) is 4.76. The van der Waals surface area contributed by atoms with E-state index in [1.54, 1.807) is 0 Å². The van der Waals surface area contributed by atoms with E-state index in [4.69, 9.17) is 0 Å². The van der Waals surface area contributed by atoms with E-state index in [1.165, 1.54) is 30.5 Å². The summed E-state index contributed by atoms with van der Waals surface area (Å²) in [5.41, 5.74) is 0.483. The molecule has 13 heteroatoms. The van der Waals surface area contributed by atoms with Gasteiger partial charge in [-0.05, 0) is 17.7 Å². The molecule has 3 aromatic heterocycles. The molecule has 27 heavy (non-hydrogen) atoms. The summed E-state index contributed by atoms with van der Waals surface area (Å²) in [4.78, 5) is 3.73. The highest BCUT2D eigenvalue weighted by Gasteiger charge is 2.37. The average Bonchev–Trinajstić information content (AvgIpc) is 3.02. The van der Waals surface area contributed by atoms with Gasteiger partial charge in [0.05, 0.1) is 0 Å². The molecular weight excluding hydrogens is 382 g/mol. The van der Waals surface area contributed by atoms with E-state index in [1.807, 2.05) is 0 Å². The molecule has 3 aromatic rings. The van der Waals surface area contributed by atoms with Crippen molar-refractivity contribution < 1.29 is 31.1 Å². The molecule has 3 heterocycles. The summed E-state index contributed by atoms with van der Waals surface area (Å²) in [6, 6.07) is 5.44. The zero-order valence-electron chi connectivity index (χ0n) is 13.2. The number of rotatable bonds is 5. The largest absolute Gasteiger partial charge is 0.468 e. The summed E-state index contributed by atoms with van der Waals surface area (Å²) in [6.45, 7) is -1.34. The molecule has 0 aromatic carbocycles. The van der Waals surface area contributed by atoms with Gasteiger partial charge in [-0.25, -0.2) is 4.98 Å². The Labute approximate surface area is 147 Å². The van der Waals surface area contributed by atoms with E-state index in [-0.39, 0.29) is 23.9 Å². The number of fused-ring (bicyclic) bond motifs is 1. The highest BCUT2D eigenvalue weighted by atomic mass is 19.4. The smallest absolute Gasteiger partial charge is 0.453 e. The molecule has 1 N–H and O–H groups in total. The lowest BCUT2D eigenvalue weighted by Crippen LogP contribution is -2.19. The molecule has 0 aliphatic rings. The number of pyridine rings is 1. The molecular formula is C14H10F6N6O. The molecule has 0 amide bonds. The fourth-order valence-corrected chi connectivity index (χ4v) is 2.01. The summed E-state index contributed by atoms with van der Waals surface area (Å²) in [7, 11) is 0. The van der Waals surface area contributed by atoms with E-state index in [0.717, 1.165) is 0 Å². The molecule has 0 aliphatic carbocycles. The Morgan fingerprint density at radius 1 is 1.00 bits per heavy atom. The molecule has 0 saturated heterocycles. The normalized spacial score (nSPS) is 12.4. The lowest BCUT2D eigenvalue weighted by atomic mass is 10.3. The third kappa shape index (κ3) is 4.74. The molecule has 3 rings (SSSR count). The predicted octanol–water partition coefficient (Wildman–Crippen LogP) is 3.09. The fraction of sp³-hybridized carbons (Fsp3) is 0.286. The van der Waals surface area contributed by atoms with E-state index in [2.05, 4.69) is 30.3 Å². The highest BCUT2D eigenvalue weighted by molar-refractivity contribution is 5.44. The number of alkyl halides is 6. The number of ether oxygens (including phenoxy) is 1. The van der Waals surface area contributed by atoms with Gasteiger partial charge in [0.2, 0.25) is 5.88 Å². The van der Waals surface area contributed by atoms with Crippen LogP contribution in [0, 0.1) is 0 Å². The monoisotopic (exact) mass is 392 g/mol. The van der Waals surface area contributed by atoms with Crippen LogP contribution in [-0.4, -0.2) is 37.6 Å².